The predicted molar refractivity (Wildman–Crippen MR) is 86.8 cm³/mol. The first-order valence-electron chi connectivity index (χ1n) is 7.25. The fourth-order valence-corrected chi connectivity index (χ4v) is 5.06. The third-order valence-corrected chi connectivity index (χ3v) is 6.56. The molecule has 0 radical (unpaired) electrons. The van der Waals surface area contributed by atoms with Crippen molar-refractivity contribution >= 4 is 27.3 Å². The normalized spacial score (nSPS) is 29.7. The maximum absolute atomic E-state index is 11.5. The highest BCUT2D eigenvalue weighted by atomic mass is 32.2. The van der Waals surface area contributed by atoms with Crippen molar-refractivity contribution in [1.82, 2.24) is 0 Å². The fourth-order valence-electron chi connectivity index (χ4n) is 3.05. The summed E-state index contributed by atoms with van der Waals surface area (Å²) in [6.45, 7) is 0.805. The highest BCUT2D eigenvalue weighted by Crippen LogP contribution is 2.38. The lowest BCUT2D eigenvalue weighted by Gasteiger charge is -2.38. The maximum Gasteiger partial charge on any atom is 0.175 e. The van der Waals surface area contributed by atoms with Crippen molar-refractivity contribution in [1.29, 1.82) is 0 Å². The topological polar surface area (TPSA) is 55.4 Å². The summed E-state index contributed by atoms with van der Waals surface area (Å²) < 4.78 is 28.9. The van der Waals surface area contributed by atoms with Crippen molar-refractivity contribution in [2.75, 3.05) is 29.7 Å². The first kappa shape index (κ1) is 15.2. The molecule has 1 aromatic carbocycles. The number of nitrogens with one attached hydrogen (secondary N) is 1. The van der Waals surface area contributed by atoms with E-state index in [-0.39, 0.29) is 5.60 Å². The van der Waals surface area contributed by atoms with Crippen LogP contribution in [0.25, 0.3) is 0 Å². The summed E-state index contributed by atoms with van der Waals surface area (Å²) in [5.74, 6) is 2.29. The Morgan fingerprint density at radius 3 is 2.71 bits per heavy atom. The van der Waals surface area contributed by atoms with Gasteiger partial charge in [0, 0.05) is 30.3 Å². The van der Waals surface area contributed by atoms with E-state index in [9.17, 15) is 8.42 Å². The van der Waals surface area contributed by atoms with E-state index in [4.69, 9.17) is 4.74 Å². The summed E-state index contributed by atoms with van der Waals surface area (Å²) in [4.78, 5) is 0.365. The van der Waals surface area contributed by atoms with Gasteiger partial charge in [0.2, 0.25) is 0 Å². The fraction of sp³-hybridized carbons (Fsp3) is 0.600. The van der Waals surface area contributed by atoms with Crippen LogP contribution in [0.3, 0.4) is 0 Å². The number of thioether (sulfide) groups is 1. The van der Waals surface area contributed by atoms with E-state index in [2.05, 4.69) is 5.32 Å². The molecule has 0 aliphatic carbocycles. The molecule has 21 heavy (non-hydrogen) atoms. The van der Waals surface area contributed by atoms with Crippen LogP contribution in [0.4, 0.5) is 5.69 Å². The highest BCUT2D eigenvalue weighted by molar-refractivity contribution is 7.99. The van der Waals surface area contributed by atoms with Crippen molar-refractivity contribution in [2.24, 2.45) is 0 Å². The van der Waals surface area contributed by atoms with Crippen LogP contribution in [0.5, 0.6) is 0 Å². The molecule has 0 bridgehead atoms. The molecule has 116 valence electrons. The van der Waals surface area contributed by atoms with Gasteiger partial charge in [-0.05, 0) is 49.3 Å². The molecule has 0 amide bonds. The van der Waals surface area contributed by atoms with Crippen LogP contribution in [0, 0.1) is 0 Å². The lowest BCUT2D eigenvalue weighted by molar-refractivity contribution is -0.0628. The van der Waals surface area contributed by atoms with E-state index < -0.39 is 9.84 Å². The van der Waals surface area contributed by atoms with Crippen LogP contribution in [-0.4, -0.2) is 44.4 Å². The minimum Gasteiger partial charge on any atom is -0.382 e. The Balaban J connectivity index is 1.66. The van der Waals surface area contributed by atoms with Crippen molar-refractivity contribution in [3.05, 3.63) is 24.3 Å². The molecule has 1 spiro atoms. The molecule has 1 N–H and O–H groups in total. The second kappa shape index (κ2) is 5.82. The van der Waals surface area contributed by atoms with Crippen molar-refractivity contribution < 1.29 is 13.2 Å². The number of hydrogen-bond donors (Lipinski definition) is 1. The summed E-state index contributed by atoms with van der Waals surface area (Å²) >= 11 is 1.97. The smallest absolute Gasteiger partial charge is 0.175 e. The summed E-state index contributed by atoms with van der Waals surface area (Å²) in [5, 5.41) is 3.53. The number of hydrogen-bond acceptors (Lipinski definition) is 5. The molecule has 0 aromatic heterocycles. The average molecular weight is 327 g/mol. The van der Waals surface area contributed by atoms with Crippen molar-refractivity contribution in [2.45, 2.75) is 35.8 Å². The first-order valence-corrected chi connectivity index (χ1v) is 10.3. The number of sulfone groups is 1. The Kier molecular flexibility index (Phi) is 4.21. The number of rotatable bonds is 3. The molecule has 2 atom stereocenters. The molecule has 4 nitrogen and oxygen atoms in total. The third-order valence-electron chi connectivity index (χ3n) is 4.21. The van der Waals surface area contributed by atoms with Gasteiger partial charge in [-0.15, -0.1) is 0 Å². The van der Waals surface area contributed by atoms with E-state index in [1.54, 1.807) is 12.1 Å². The largest absolute Gasteiger partial charge is 0.382 e. The van der Waals surface area contributed by atoms with Gasteiger partial charge in [0.1, 0.15) is 0 Å². The predicted octanol–water partition coefficient (Wildman–Crippen LogP) is 2.56. The van der Waals surface area contributed by atoms with Crippen LogP contribution in [-0.2, 0) is 14.6 Å². The number of anilines is 1. The van der Waals surface area contributed by atoms with Gasteiger partial charge in [0.15, 0.2) is 9.84 Å². The van der Waals surface area contributed by atoms with Crippen molar-refractivity contribution in [3.63, 3.8) is 0 Å². The highest BCUT2D eigenvalue weighted by Gasteiger charge is 2.40. The van der Waals surface area contributed by atoms with Crippen molar-refractivity contribution in [3.8, 4) is 0 Å². The molecule has 2 unspecified atom stereocenters. The molecular formula is C15H21NO3S2. The van der Waals surface area contributed by atoms with Gasteiger partial charge in [0.25, 0.3) is 0 Å². The lowest BCUT2D eigenvalue weighted by atomic mass is 9.90. The van der Waals surface area contributed by atoms with Gasteiger partial charge >= 0.3 is 0 Å². The number of benzene rings is 1. The average Bonchev–Trinajstić information content (AvgIpc) is 2.86. The minimum absolute atomic E-state index is 0.0628. The standard InChI is InChI=1S/C15H21NO3S2/c1-21(17,18)14-4-2-12(3-5-14)16-13-6-8-19-15(10-13)7-9-20-11-15/h2-5,13,16H,6-11H2,1H3. The van der Waals surface area contributed by atoms with Gasteiger partial charge < -0.3 is 10.1 Å². The molecule has 2 aliphatic heterocycles. The van der Waals surface area contributed by atoms with Crippen LogP contribution < -0.4 is 5.32 Å². The molecule has 2 aliphatic rings. The monoisotopic (exact) mass is 327 g/mol. The van der Waals surface area contributed by atoms with Crippen LogP contribution in [0.1, 0.15) is 19.3 Å². The van der Waals surface area contributed by atoms with E-state index in [0.717, 1.165) is 37.3 Å². The van der Waals surface area contributed by atoms with Gasteiger partial charge in [-0.2, -0.15) is 11.8 Å². The molecule has 2 heterocycles. The zero-order valence-corrected chi connectivity index (χ0v) is 13.8. The Morgan fingerprint density at radius 1 is 1.33 bits per heavy atom. The zero-order chi connectivity index (χ0) is 14.9. The second-order valence-corrected chi connectivity index (χ2v) is 9.09. The van der Waals surface area contributed by atoms with Crippen LogP contribution in [0.2, 0.25) is 0 Å². The van der Waals surface area contributed by atoms with Gasteiger partial charge in [-0.1, -0.05) is 0 Å². The molecule has 0 saturated carbocycles. The number of ether oxygens (including phenoxy) is 1. The first-order chi connectivity index (χ1) is 9.97. The molecule has 3 rings (SSSR count). The van der Waals surface area contributed by atoms with E-state index in [0.29, 0.717) is 10.9 Å². The maximum atomic E-state index is 11.5. The Morgan fingerprint density at radius 2 is 2.10 bits per heavy atom. The molecule has 2 saturated heterocycles. The van der Waals surface area contributed by atoms with Gasteiger partial charge in [-0.3, -0.25) is 0 Å². The zero-order valence-electron chi connectivity index (χ0n) is 12.2. The summed E-state index contributed by atoms with van der Waals surface area (Å²) in [6, 6.07) is 7.43. The molecule has 2 fully saturated rings. The Bertz CT molecular complexity index is 592. The Hall–Kier alpha value is -0.720. The van der Waals surface area contributed by atoms with E-state index >= 15 is 0 Å². The Labute approximate surface area is 130 Å². The quantitative estimate of drug-likeness (QED) is 0.925. The third kappa shape index (κ3) is 3.55. The molecular weight excluding hydrogens is 306 g/mol. The summed E-state index contributed by atoms with van der Waals surface area (Å²) in [5.41, 5.74) is 1.04. The SMILES string of the molecule is CS(=O)(=O)c1ccc(NC2CCOC3(CCSC3)C2)cc1. The van der Waals surface area contributed by atoms with Crippen LogP contribution >= 0.6 is 11.8 Å². The van der Waals surface area contributed by atoms with E-state index in [1.165, 1.54) is 12.0 Å². The molecule has 1 aromatic rings. The molecule has 6 heteroatoms. The summed E-state index contributed by atoms with van der Waals surface area (Å²) in [6.07, 6.45) is 4.41. The van der Waals surface area contributed by atoms with E-state index in [1.807, 2.05) is 23.9 Å². The van der Waals surface area contributed by atoms with Gasteiger partial charge in [-0.25, -0.2) is 8.42 Å². The minimum atomic E-state index is -3.12. The summed E-state index contributed by atoms with van der Waals surface area (Å²) in [7, 11) is -3.12. The van der Waals surface area contributed by atoms with Gasteiger partial charge in [0.05, 0.1) is 10.5 Å². The second-order valence-electron chi connectivity index (χ2n) is 5.96. The lowest BCUT2D eigenvalue weighted by Crippen LogP contribution is -2.44. The van der Waals surface area contributed by atoms with Crippen LogP contribution in [0.15, 0.2) is 29.2 Å².